The number of hydrogen-bond donors (Lipinski definition) is 1. The number of benzene rings is 1. The van der Waals surface area contributed by atoms with Crippen LogP contribution < -0.4 is 0 Å². The average Bonchev–Trinajstić information content (AvgIpc) is 2.42. The van der Waals surface area contributed by atoms with Crippen LogP contribution in [-0.4, -0.2) is 37.0 Å². The van der Waals surface area contributed by atoms with Gasteiger partial charge in [-0.05, 0) is 50.3 Å². The number of aliphatic hydroxyl groups excluding tert-OH is 1. The third-order valence-corrected chi connectivity index (χ3v) is 5.75. The van der Waals surface area contributed by atoms with Crippen LogP contribution in [0.4, 0.5) is 4.39 Å². The summed E-state index contributed by atoms with van der Waals surface area (Å²) in [4.78, 5) is -0.0214. The molecule has 1 saturated heterocycles. The highest BCUT2D eigenvalue weighted by Crippen LogP contribution is 2.26. The molecule has 1 aliphatic rings. The molecular formula is C14H20FNO3S. The largest absolute Gasteiger partial charge is 0.393 e. The maximum Gasteiger partial charge on any atom is 0.243 e. The zero-order valence-electron chi connectivity index (χ0n) is 11.7. The molecule has 112 valence electrons. The first-order chi connectivity index (χ1) is 9.32. The van der Waals surface area contributed by atoms with Crippen molar-refractivity contribution in [3.8, 4) is 0 Å². The molecule has 2 unspecified atom stereocenters. The third-order valence-electron chi connectivity index (χ3n) is 3.88. The van der Waals surface area contributed by atoms with Gasteiger partial charge in [-0.2, -0.15) is 4.31 Å². The van der Waals surface area contributed by atoms with Crippen molar-refractivity contribution in [3.63, 3.8) is 0 Å². The fourth-order valence-electron chi connectivity index (χ4n) is 2.47. The highest BCUT2D eigenvalue weighted by molar-refractivity contribution is 7.89. The van der Waals surface area contributed by atoms with E-state index in [1.165, 1.54) is 16.4 Å². The quantitative estimate of drug-likeness (QED) is 0.928. The Labute approximate surface area is 119 Å². The van der Waals surface area contributed by atoms with Crippen molar-refractivity contribution in [1.29, 1.82) is 0 Å². The van der Waals surface area contributed by atoms with Gasteiger partial charge in [0.05, 0.1) is 11.0 Å². The maximum atomic E-state index is 13.6. The molecule has 1 aromatic rings. The Morgan fingerprint density at radius 3 is 2.75 bits per heavy atom. The molecule has 2 atom stereocenters. The second kappa shape index (κ2) is 5.79. The molecule has 0 saturated carbocycles. The first-order valence-corrected chi connectivity index (χ1v) is 8.20. The van der Waals surface area contributed by atoms with Crippen molar-refractivity contribution in [2.45, 2.75) is 37.7 Å². The second-order valence-electron chi connectivity index (χ2n) is 5.42. The lowest BCUT2D eigenvalue weighted by Crippen LogP contribution is -2.42. The molecule has 1 heterocycles. The van der Waals surface area contributed by atoms with E-state index in [-0.39, 0.29) is 17.4 Å². The lowest BCUT2D eigenvalue weighted by molar-refractivity contribution is 0.0885. The average molecular weight is 301 g/mol. The van der Waals surface area contributed by atoms with Crippen LogP contribution in [0.15, 0.2) is 23.1 Å². The van der Waals surface area contributed by atoms with Gasteiger partial charge in [-0.15, -0.1) is 0 Å². The van der Waals surface area contributed by atoms with E-state index in [4.69, 9.17) is 0 Å². The Hall–Kier alpha value is -0.980. The molecule has 1 N–H and O–H groups in total. The molecule has 0 aromatic heterocycles. The second-order valence-corrected chi connectivity index (χ2v) is 7.35. The molecule has 6 heteroatoms. The van der Waals surface area contributed by atoms with Gasteiger partial charge in [-0.1, -0.05) is 6.07 Å². The lowest BCUT2D eigenvalue weighted by atomic mass is 9.95. The summed E-state index contributed by atoms with van der Waals surface area (Å²) in [6.45, 7) is 3.97. The van der Waals surface area contributed by atoms with Gasteiger partial charge in [0, 0.05) is 13.1 Å². The Kier molecular flexibility index (Phi) is 4.46. The molecule has 20 heavy (non-hydrogen) atoms. The molecule has 2 rings (SSSR count). The van der Waals surface area contributed by atoms with Crippen LogP contribution in [0, 0.1) is 18.7 Å². The molecule has 1 aliphatic heterocycles. The van der Waals surface area contributed by atoms with Crippen LogP contribution in [-0.2, 0) is 10.0 Å². The van der Waals surface area contributed by atoms with Crippen LogP contribution in [0.5, 0.6) is 0 Å². The number of piperidine rings is 1. The summed E-state index contributed by atoms with van der Waals surface area (Å²) >= 11 is 0. The Bertz CT molecular complexity index is 586. The monoisotopic (exact) mass is 301 g/mol. The lowest BCUT2D eigenvalue weighted by Gasteiger charge is -2.33. The normalized spacial score (nSPS) is 22.7. The molecular weight excluding hydrogens is 281 g/mol. The summed E-state index contributed by atoms with van der Waals surface area (Å²) in [7, 11) is -3.69. The van der Waals surface area contributed by atoms with Gasteiger partial charge < -0.3 is 5.11 Å². The SMILES string of the molecule is Cc1ccc(S(=O)(=O)N2CCCC(C(C)O)C2)cc1F. The first kappa shape index (κ1) is 15.4. The molecule has 0 bridgehead atoms. The van der Waals surface area contributed by atoms with Crippen LogP contribution >= 0.6 is 0 Å². The van der Waals surface area contributed by atoms with E-state index in [0.29, 0.717) is 18.5 Å². The van der Waals surface area contributed by atoms with Crippen LogP contribution in [0.25, 0.3) is 0 Å². The predicted molar refractivity (Wildman–Crippen MR) is 74.3 cm³/mol. The van der Waals surface area contributed by atoms with Gasteiger partial charge >= 0.3 is 0 Å². The fourth-order valence-corrected chi connectivity index (χ4v) is 4.02. The van der Waals surface area contributed by atoms with Gasteiger partial charge in [0.15, 0.2) is 0 Å². The number of rotatable bonds is 3. The first-order valence-electron chi connectivity index (χ1n) is 6.76. The zero-order valence-corrected chi connectivity index (χ0v) is 12.5. The fraction of sp³-hybridized carbons (Fsp3) is 0.571. The van der Waals surface area contributed by atoms with Gasteiger partial charge in [0.25, 0.3) is 0 Å². The smallest absolute Gasteiger partial charge is 0.243 e. The number of sulfonamides is 1. The van der Waals surface area contributed by atoms with Crippen LogP contribution in [0.1, 0.15) is 25.3 Å². The van der Waals surface area contributed by atoms with Crippen molar-refractivity contribution in [3.05, 3.63) is 29.6 Å². The summed E-state index contributed by atoms with van der Waals surface area (Å²) in [6, 6.07) is 3.97. The van der Waals surface area contributed by atoms with Crippen molar-refractivity contribution in [2.75, 3.05) is 13.1 Å². The Morgan fingerprint density at radius 2 is 2.15 bits per heavy atom. The third kappa shape index (κ3) is 3.02. The Morgan fingerprint density at radius 1 is 1.45 bits per heavy atom. The molecule has 0 amide bonds. The minimum Gasteiger partial charge on any atom is -0.393 e. The van der Waals surface area contributed by atoms with Crippen LogP contribution in [0.3, 0.4) is 0 Å². The number of aliphatic hydroxyl groups is 1. The van der Waals surface area contributed by atoms with Gasteiger partial charge in [-0.3, -0.25) is 0 Å². The number of hydrogen-bond acceptors (Lipinski definition) is 3. The minimum atomic E-state index is -3.69. The predicted octanol–water partition coefficient (Wildman–Crippen LogP) is 1.92. The highest BCUT2D eigenvalue weighted by Gasteiger charge is 2.32. The summed E-state index contributed by atoms with van der Waals surface area (Å²) in [5.41, 5.74) is 0.421. The van der Waals surface area contributed by atoms with Crippen LogP contribution in [0.2, 0.25) is 0 Å². The molecule has 1 fully saturated rings. The van der Waals surface area contributed by atoms with Gasteiger partial charge in [0.1, 0.15) is 5.82 Å². The topological polar surface area (TPSA) is 57.6 Å². The van der Waals surface area contributed by atoms with Crippen molar-refractivity contribution in [1.82, 2.24) is 4.31 Å². The summed E-state index contributed by atoms with van der Waals surface area (Å²) in [5.74, 6) is -0.580. The summed E-state index contributed by atoms with van der Waals surface area (Å²) in [5, 5.41) is 9.63. The van der Waals surface area contributed by atoms with E-state index in [1.54, 1.807) is 13.8 Å². The molecule has 0 spiro atoms. The van der Waals surface area contributed by atoms with Crippen molar-refractivity contribution < 1.29 is 17.9 Å². The number of halogens is 1. The summed E-state index contributed by atoms with van der Waals surface area (Å²) in [6.07, 6.45) is 0.984. The van der Waals surface area contributed by atoms with E-state index in [2.05, 4.69) is 0 Å². The van der Waals surface area contributed by atoms with E-state index >= 15 is 0 Å². The number of aryl methyl sites for hydroxylation is 1. The zero-order chi connectivity index (χ0) is 14.9. The van der Waals surface area contributed by atoms with E-state index in [0.717, 1.165) is 12.5 Å². The van der Waals surface area contributed by atoms with Gasteiger partial charge in [-0.25, -0.2) is 12.8 Å². The number of nitrogens with zero attached hydrogens (tertiary/aromatic N) is 1. The standard InChI is InChI=1S/C14H20FNO3S/c1-10-5-6-13(8-14(10)15)20(18,19)16-7-3-4-12(9-16)11(2)17/h5-6,8,11-12,17H,3-4,7,9H2,1-2H3. The van der Waals surface area contributed by atoms with E-state index < -0.39 is 21.9 Å². The summed E-state index contributed by atoms with van der Waals surface area (Å²) < 4.78 is 39.9. The molecule has 0 radical (unpaired) electrons. The van der Waals surface area contributed by atoms with E-state index in [1.807, 2.05) is 0 Å². The maximum absolute atomic E-state index is 13.6. The molecule has 0 aliphatic carbocycles. The van der Waals surface area contributed by atoms with Crippen molar-refractivity contribution in [2.24, 2.45) is 5.92 Å². The van der Waals surface area contributed by atoms with Gasteiger partial charge in [0.2, 0.25) is 10.0 Å². The Balaban J connectivity index is 2.27. The minimum absolute atomic E-state index is 0.0214. The van der Waals surface area contributed by atoms with E-state index in [9.17, 15) is 17.9 Å². The molecule has 1 aromatic carbocycles. The highest BCUT2D eigenvalue weighted by atomic mass is 32.2. The van der Waals surface area contributed by atoms with Crippen molar-refractivity contribution >= 4 is 10.0 Å². The molecule has 4 nitrogen and oxygen atoms in total.